The number of aromatic nitrogens is 6. The first-order chi connectivity index (χ1) is 11.0. The second-order valence-corrected chi connectivity index (χ2v) is 8.37. The average Bonchev–Trinajstić information content (AvgIpc) is 3.07. The summed E-state index contributed by atoms with van der Waals surface area (Å²) in [5.74, 6) is 0. The molecule has 0 saturated heterocycles. The Hall–Kier alpha value is -0.110. The van der Waals surface area contributed by atoms with Crippen molar-refractivity contribution in [2.45, 2.75) is 0 Å². The minimum absolute atomic E-state index is 0.747. The van der Waals surface area contributed by atoms with Crippen LogP contribution in [0, 0.1) is 3.70 Å². The molecule has 0 amide bonds. The summed E-state index contributed by atoms with van der Waals surface area (Å²) in [6, 6.07) is 0. The van der Waals surface area contributed by atoms with Crippen LogP contribution >= 0.6 is 86.3 Å². The summed E-state index contributed by atoms with van der Waals surface area (Å²) in [7, 11) is 0. The standard InChI is InChI=1S/C6H2Br2IN3.C6H3Br2N3/c7-3-2-12-4(9)1-10-6(12)5(8)11-3;7-4-3-11-2-1-9-6(11)5(8)10-4/h1-2H;1-3H. The Labute approximate surface area is 177 Å². The lowest BCUT2D eigenvalue weighted by molar-refractivity contribution is 1.06. The molecule has 0 aromatic carbocycles. The van der Waals surface area contributed by atoms with Crippen molar-refractivity contribution in [2.75, 3.05) is 0 Å². The smallest absolute Gasteiger partial charge is 0.171 e. The van der Waals surface area contributed by atoms with Gasteiger partial charge in [0.2, 0.25) is 0 Å². The third kappa shape index (κ3) is 3.94. The monoisotopic (exact) mass is 676 g/mol. The van der Waals surface area contributed by atoms with Crippen molar-refractivity contribution in [2.24, 2.45) is 0 Å². The molecule has 6 nitrogen and oxygen atoms in total. The van der Waals surface area contributed by atoms with Crippen LogP contribution in [0.15, 0.2) is 49.4 Å². The minimum Gasteiger partial charge on any atom is -0.302 e. The van der Waals surface area contributed by atoms with E-state index in [1.165, 1.54) is 0 Å². The van der Waals surface area contributed by atoms with E-state index in [9.17, 15) is 0 Å². The summed E-state index contributed by atoms with van der Waals surface area (Å²) in [4.78, 5) is 16.6. The lowest BCUT2D eigenvalue weighted by Crippen LogP contribution is -1.91. The number of nitrogens with zero attached hydrogens (tertiary/aromatic N) is 6. The molecule has 23 heavy (non-hydrogen) atoms. The molecule has 0 saturated carbocycles. The number of hydrogen-bond acceptors (Lipinski definition) is 4. The fourth-order valence-corrected chi connectivity index (χ4v) is 4.50. The van der Waals surface area contributed by atoms with E-state index >= 15 is 0 Å². The van der Waals surface area contributed by atoms with E-state index in [-0.39, 0.29) is 0 Å². The van der Waals surface area contributed by atoms with Crippen LogP contribution in [-0.2, 0) is 0 Å². The Morgan fingerprint density at radius 2 is 1.52 bits per heavy atom. The van der Waals surface area contributed by atoms with E-state index in [0.717, 1.165) is 33.4 Å². The number of imidazole rings is 2. The van der Waals surface area contributed by atoms with Gasteiger partial charge < -0.3 is 4.40 Å². The van der Waals surface area contributed by atoms with Gasteiger partial charge in [-0.15, -0.1) is 0 Å². The van der Waals surface area contributed by atoms with Crippen molar-refractivity contribution in [1.29, 1.82) is 0 Å². The van der Waals surface area contributed by atoms with Gasteiger partial charge in [-0.1, -0.05) is 0 Å². The summed E-state index contributed by atoms with van der Waals surface area (Å²) in [6.45, 7) is 0. The average molecular weight is 680 g/mol. The molecule has 4 rings (SSSR count). The van der Waals surface area contributed by atoms with Gasteiger partial charge in [0, 0.05) is 24.8 Å². The van der Waals surface area contributed by atoms with Gasteiger partial charge in [0.1, 0.15) is 12.9 Å². The zero-order valence-electron chi connectivity index (χ0n) is 11.0. The first-order valence-electron chi connectivity index (χ1n) is 5.95. The van der Waals surface area contributed by atoms with E-state index in [1.807, 2.05) is 27.4 Å². The minimum atomic E-state index is 0.747. The third-order valence-corrected chi connectivity index (χ3v) is 5.31. The highest BCUT2D eigenvalue weighted by atomic mass is 127. The maximum atomic E-state index is 4.18. The molecule has 0 N–H and O–H groups in total. The Morgan fingerprint density at radius 1 is 0.870 bits per heavy atom. The molecule has 11 heteroatoms. The molecule has 118 valence electrons. The van der Waals surface area contributed by atoms with Crippen LogP contribution in [-0.4, -0.2) is 28.7 Å². The molecule has 0 unspecified atom stereocenters. The number of fused-ring (bicyclic) bond motifs is 2. The fraction of sp³-hybridized carbons (Fsp3) is 0. The topological polar surface area (TPSA) is 60.4 Å². The Kier molecular flexibility index (Phi) is 5.71. The molecule has 0 spiro atoms. The highest BCUT2D eigenvalue weighted by Gasteiger charge is 2.05. The normalized spacial score (nSPS) is 10.8. The van der Waals surface area contributed by atoms with Crippen molar-refractivity contribution >= 4 is 97.6 Å². The molecule has 4 aromatic heterocycles. The quantitative estimate of drug-likeness (QED) is 0.243. The maximum Gasteiger partial charge on any atom is 0.171 e. The summed E-state index contributed by atoms with van der Waals surface area (Å²) >= 11 is 15.4. The first-order valence-corrected chi connectivity index (χ1v) is 10.2. The molecule has 4 aromatic rings. The third-order valence-electron chi connectivity index (χ3n) is 2.68. The number of hydrogen-bond donors (Lipinski definition) is 0. The van der Waals surface area contributed by atoms with Crippen molar-refractivity contribution in [3.63, 3.8) is 0 Å². The van der Waals surface area contributed by atoms with Crippen LogP contribution in [0.5, 0.6) is 0 Å². The molecule has 0 atom stereocenters. The SMILES string of the molecule is Brc1cn2c(I)cnc2c(Br)n1.Brc1cn2ccnc2c(Br)n1. The van der Waals surface area contributed by atoms with Gasteiger partial charge in [0.25, 0.3) is 0 Å². The molecule has 0 aliphatic heterocycles. The Bertz CT molecular complexity index is 998. The van der Waals surface area contributed by atoms with Gasteiger partial charge in [0.15, 0.2) is 20.5 Å². The van der Waals surface area contributed by atoms with Crippen LogP contribution in [0.25, 0.3) is 11.3 Å². The predicted molar refractivity (Wildman–Crippen MR) is 109 cm³/mol. The van der Waals surface area contributed by atoms with E-state index < -0.39 is 0 Å². The van der Waals surface area contributed by atoms with Gasteiger partial charge in [-0.05, 0) is 86.3 Å². The molecule has 0 radical (unpaired) electrons. The van der Waals surface area contributed by atoms with Gasteiger partial charge in [-0.2, -0.15) is 0 Å². The predicted octanol–water partition coefficient (Wildman–Crippen LogP) is 5.11. The fourth-order valence-electron chi connectivity index (χ4n) is 1.76. The second-order valence-electron chi connectivity index (χ2n) is 4.14. The molecule has 0 bridgehead atoms. The van der Waals surface area contributed by atoms with Crippen molar-refractivity contribution in [1.82, 2.24) is 28.7 Å². The Morgan fingerprint density at radius 3 is 2.26 bits per heavy atom. The molecule has 0 aliphatic rings. The zero-order chi connectivity index (χ0) is 16.6. The summed E-state index contributed by atoms with van der Waals surface area (Å²) < 4.78 is 7.99. The lowest BCUT2D eigenvalue weighted by atomic mass is 10.7. The van der Waals surface area contributed by atoms with Crippen LogP contribution in [0.1, 0.15) is 0 Å². The van der Waals surface area contributed by atoms with Crippen LogP contribution in [0.3, 0.4) is 0 Å². The maximum absolute atomic E-state index is 4.18. The van der Waals surface area contributed by atoms with Crippen LogP contribution in [0.2, 0.25) is 0 Å². The van der Waals surface area contributed by atoms with Crippen LogP contribution < -0.4 is 0 Å². The summed E-state index contributed by atoms with van der Waals surface area (Å²) in [6.07, 6.45) is 9.14. The van der Waals surface area contributed by atoms with Gasteiger partial charge in [-0.25, -0.2) is 19.9 Å². The van der Waals surface area contributed by atoms with E-state index in [2.05, 4.69) is 106 Å². The van der Waals surface area contributed by atoms with E-state index in [1.54, 1.807) is 12.4 Å². The number of rotatable bonds is 0. The largest absolute Gasteiger partial charge is 0.302 e. The molecular weight excluding hydrogens is 675 g/mol. The first kappa shape index (κ1) is 17.7. The summed E-state index contributed by atoms with van der Waals surface area (Å²) in [5.41, 5.74) is 1.66. The Balaban J connectivity index is 0.000000136. The summed E-state index contributed by atoms with van der Waals surface area (Å²) in [5, 5.41) is 0. The highest BCUT2D eigenvalue weighted by Crippen LogP contribution is 2.20. The molecule has 0 aliphatic carbocycles. The lowest BCUT2D eigenvalue weighted by Gasteiger charge is -1.97. The second kappa shape index (κ2) is 7.42. The van der Waals surface area contributed by atoms with Gasteiger partial charge >= 0.3 is 0 Å². The highest BCUT2D eigenvalue weighted by molar-refractivity contribution is 14.1. The van der Waals surface area contributed by atoms with E-state index in [0.29, 0.717) is 0 Å². The molecule has 4 heterocycles. The molecular formula is C12H5Br4IN6. The van der Waals surface area contributed by atoms with E-state index in [4.69, 9.17) is 0 Å². The number of halogens is 5. The van der Waals surface area contributed by atoms with Crippen molar-refractivity contribution < 1.29 is 0 Å². The van der Waals surface area contributed by atoms with Gasteiger partial charge in [-0.3, -0.25) is 4.40 Å². The zero-order valence-corrected chi connectivity index (χ0v) is 19.5. The van der Waals surface area contributed by atoms with Crippen molar-refractivity contribution in [3.05, 3.63) is 53.1 Å². The van der Waals surface area contributed by atoms with Crippen molar-refractivity contribution in [3.8, 4) is 0 Å². The van der Waals surface area contributed by atoms with Gasteiger partial charge in [0.05, 0.1) is 6.20 Å². The molecule has 0 fully saturated rings. The van der Waals surface area contributed by atoms with Crippen LogP contribution in [0.4, 0.5) is 0 Å².